The van der Waals surface area contributed by atoms with Crippen LogP contribution in [0.4, 0.5) is 13.6 Å². The number of halogens is 4. The monoisotopic (exact) mass is 558 g/mol. The van der Waals surface area contributed by atoms with E-state index in [2.05, 4.69) is 37.2 Å². The van der Waals surface area contributed by atoms with Crippen molar-refractivity contribution in [3.63, 3.8) is 0 Å². The van der Waals surface area contributed by atoms with Crippen molar-refractivity contribution in [3.8, 4) is 0 Å². The van der Waals surface area contributed by atoms with Gasteiger partial charge in [-0.05, 0) is 119 Å². The predicted octanol–water partition coefficient (Wildman–Crippen LogP) is 6.12. The van der Waals surface area contributed by atoms with Gasteiger partial charge in [0.1, 0.15) is 17.2 Å². The Labute approximate surface area is 198 Å². The lowest BCUT2D eigenvalue weighted by atomic mass is 10.00. The van der Waals surface area contributed by atoms with Gasteiger partial charge < -0.3 is 15.0 Å². The number of nitrogens with zero attached hydrogens (tertiary/aromatic N) is 1. The summed E-state index contributed by atoms with van der Waals surface area (Å²) in [5.41, 5.74) is 3.76. The number of hydrogen-bond acceptors (Lipinski definition) is 3. The van der Waals surface area contributed by atoms with Crippen LogP contribution in [0.25, 0.3) is 0 Å². The van der Waals surface area contributed by atoms with Crippen LogP contribution in [0.15, 0.2) is 33.2 Å². The van der Waals surface area contributed by atoms with Gasteiger partial charge in [0, 0.05) is 19.6 Å². The van der Waals surface area contributed by atoms with Gasteiger partial charge in [-0.25, -0.2) is 13.6 Å². The molecule has 4 nitrogen and oxygen atoms in total. The summed E-state index contributed by atoms with van der Waals surface area (Å²) in [4.78, 5) is 13.6. The molecule has 0 saturated carbocycles. The van der Waals surface area contributed by atoms with Gasteiger partial charge in [-0.2, -0.15) is 0 Å². The molecule has 2 aromatic rings. The molecule has 0 bridgehead atoms. The first-order valence-corrected chi connectivity index (χ1v) is 11.7. The average molecular weight is 560 g/mol. The first-order chi connectivity index (χ1) is 14.5. The molecule has 31 heavy (non-hydrogen) atoms. The molecule has 2 aromatic carbocycles. The summed E-state index contributed by atoms with van der Waals surface area (Å²) < 4.78 is 32.8. The first kappa shape index (κ1) is 24.1. The van der Waals surface area contributed by atoms with Crippen LogP contribution in [0.3, 0.4) is 0 Å². The maximum Gasteiger partial charge on any atom is 0.410 e. The van der Waals surface area contributed by atoms with Crippen LogP contribution in [0, 0.1) is 11.6 Å². The second-order valence-corrected chi connectivity index (χ2v) is 10.4. The van der Waals surface area contributed by atoms with Crippen LogP contribution < -0.4 is 5.32 Å². The Morgan fingerprint density at radius 3 is 2.16 bits per heavy atom. The molecule has 0 radical (unpaired) electrons. The predicted molar refractivity (Wildman–Crippen MR) is 124 cm³/mol. The minimum Gasteiger partial charge on any atom is -0.444 e. The molecule has 1 amide bonds. The van der Waals surface area contributed by atoms with Crippen LogP contribution >= 0.6 is 31.9 Å². The van der Waals surface area contributed by atoms with E-state index in [9.17, 15) is 13.6 Å². The molecule has 2 heterocycles. The largest absolute Gasteiger partial charge is 0.444 e. The maximum atomic E-state index is 13.4. The SMILES string of the molecule is CC(C)(C)OC(=O)N1CCc2cc(F)c(Br)cc2C1.Fc1cc2c(cc1Br)CNCC2. The molecule has 168 valence electrons. The van der Waals surface area contributed by atoms with E-state index >= 15 is 0 Å². The molecule has 0 fully saturated rings. The van der Waals surface area contributed by atoms with E-state index in [1.54, 1.807) is 17.0 Å². The molecule has 2 aliphatic heterocycles. The summed E-state index contributed by atoms with van der Waals surface area (Å²) in [7, 11) is 0. The van der Waals surface area contributed by atoms with E-state index in [1.807, 2.05) is 26.8 Å². The Balaban J connectivity index is 0.000000194. The topological polar surface area (TPSA) is 41.6 Å². The number of carbonyl (C=O) groups excluding carboxylic acids is 1. The Bertz CT molecular complexity index is 946. The lowest BCUT2D eigenvalue weighted by Gasteiger charge is -2.31. The third-order valence-electron chi connectivity index (χ3n) is 5.04. The number of amides is 1. The van der Waals surface area contributed by atoms with Gasteiger partial charge in [-0.3, -0.25) is 0 Å². The zero-order valence-corrected chi connectivity index (χ0v) is 21.0. The van der Waals surface area contributed by atoms with Gasteiger partial charge >= 0.3 is 6.09 Å². The number of benzene rings is 2. The quantitative estimate of drug-likeness (QED) is 0.423. The molecular formula is C23H26Br2F2N2O2. The van der Waals surface area contributed by atoms with E-state index in [1.165, 1.54) is 11.6 Å². The van der Waals surface area contributed by atoms with Crippen molar-refractivity contribution < 1.29 is 18.3 Å². The van der Waals surface area contributed by atoms with Crippen LogP contribution in [-0.2, 0) is 30.7 Å². The summed E-state index contributed by atoms with van der Waals surface area (Å²) in [6.45, 7) is 8.35. The highest BCUT2D eigenvalue weighted by Crippen LogP contribution is 2.26. The molecule has 0 atom stereocenters. The summed E-state index contributed by atoms with van der Waals surface area (Å²) >= 11 is 6.34. The lowest BCUT2D eigenvalue weighted by Crippen LogP contribution is -2.39. The number of carbonyl (C=O) groups is 1. The third-order valence-corrected chi connectivity index (χ3v) is 6.25. The number of nitrogens with one attached hydrogen (secondary N) is 1. The van der Waals surface area contributed by atoms with E-state index in [-0.39, 0.29) is 17.7 Å². The molecule has 0 unspecified atom stereocenters. The van der Waals surface area contributed by atoms with Crippen molar-refractivity contribution in [2.75, 3.05) is 13.1 Å². The van der Waals surface area contributed by atoms with Crippen molar-refractivity contribution in [2.24, 2.45) is 0 Å². The van der Waals surface area contributed by atoms with Crippen LogP contribution in [0.5, 0.6) is 0 Å². The maximum absolute atomic E-state index is 13.4. The molecule has 0 aromatic heterocycles. The number of ether oxygens (including phenoxy) is 1. The molecule has 2 aliphatic rings. The summed E-state index contributed by atoms with van der Waals surface area (Å²) in [5, 5.41) is 3.24. The van der Waals surface area contributed by atoms with Gasteiger partial charge in [0.25, 0.3) is 0 Å². The van der Waals surface area contributed by atoms with Gasteiger partial charge in [0.2, 0.25) is 0 Å². The number of hydrogen-bond donors (Lipinski definition) is 1. The minimum atomic E-state index is -0.499. The molecule has 8 heteroatoms. The summed E-state index contributed by atoms with van der Waals surface area (Å²) in [6, 6.07) is 6.75. The van der Waals surface area contributed by atoms with Crippen molar-refractivity contribution in [3.05, 3.63) is 67.1 Å². The second-order valence-electron chi connectivity index (χ2n) is 8.65. The Hall–Kier alpha value is -1.51. The van der Waals surface area contributed by atoms with E-state index in [0.29, 0.717) is 28.5 Å². The van der Waals surface area contributed by atoms with E-state index < -0.39 is 5.60 Å². The summed E-state index contributed by atoms with van der Waals surface area (Å²) in [6.07, 6.45) is 1.26. The normalized spacial score (nSPS) is 15.4. The highest BCUT2D eigenvalue weighted by molar-refractivity contribution is 9.10. The number of fused-ring (bicyclic) bond motifs is 2. The fraction of sp³-hybridized carbons (Fsp3) is 0.435. The zero-order valence-electron chi connectivity index (χ0n) is 17.8. The molecule has 1 N–H and O–H groups in total. The van der Waals surface area contributed by atoms with Crippen LogP contribution in [0.1, 0.15) is 43.0 Å². The first-order valence-electron chi connectivity index (χ1n) is 10.2. The van der Waals surface area contributed by atoms with Gasteiger partial charge in [-0.15, -0.1) is 0 Å². The fourth-order valence-electron chi connectivity index (χ4n) is 3.50. The standard InChI is InChI=1S/C14H17BrFNO2.C9H9BrFN/c1-14(2,3)19-13(18)17-5-4-9-7-12(16)11(15)6-10(9)8-17;10-8-3-7-5-12-2-1-6(7)4-9(8)11/h6-7H,4-5,8H2,1-3H3;3-4,12H,1-2,5H2. The van der Waals surface area contributed by atoms with E-state index in [0.717, 1.165) is 36.2 Å². The Morgan fingerprint density at radius 1 is 0.968 bits per heavy atom. The molecule has 0 spiro atoms. The fourth-order valence-corrected chi connectivity index (χ4v) is 4.29. The third kappa shape index (κ3) is 6.49. The minimum absolute atomic E-state index is 0.157. The van der Waals surface area contributed by atoms with Crippen LogP contribution in [0.2, 0.25) is 0 Å². The van der Waals surface area contributed by atoms with Crippen LogP contribution in [-0.4, -0.2) is 29.7 Å². The van der Waals surface area contributed by atoms with Gasteiger partial charge in [-0.1, -0.05) is 0 Å². The Morgan fingerprint density at radius 2 is 1.55 bits per heavy atom. The summed E-state index contributed by atoms with van der Waals surface area (Å²) in [5.74, 6) is -0.417. The van der Waals surface area contributed by atoms with Crippen molar-refractivity contribution in [1.29, 1.82) is 0 Å². The highest BCUT2D eigenvalue weighted by Gasteiger charge is 2.26. The van der Waals surface area contributed by atoms with Gasteiger partial charge in [0.05, 0.1) is 8.95 Å². The average Bonchev–Trinajstić information content (AvgIpc) is 2.68. The van der Waals surface area contributed by atoms with E-state index in [4.69, 9.17) is 4.74 Å². The second kappa shape index (κ2) is 9.96. The smallest absolute Gasteiger partial charge is 0.410 e. The number of rotatable bonds is 0. The highest BCUT2D eigenvalue weighted by atomic mass is 79.9. The lowest BCUT2D eigenvalue weighted by molar-refractivity contribution is 0.0224. The van der Waals surface area contributed by atoms with Crippen molar-refractivity contribution >= 4 is 38.0 Å². The molecular weight excluding hydrogens is 534 g/mol. The Kier molecular flexibility index (Phi) is 7.76. The molecule has 4 rings (SSSR count). The molecule has 0 aliphatic carbocycles. The molecule has 0 saturated heterocycles. The van der Waals surface area contributed by atoms with Crippen molar-refractivity contribution in [1.82, 2.24) is 10.2 Å². The zero-order chi connectivity index (χ0) is 22.8. The van der Waals surface area contributed by atoms with Crippen molar-refractivity contribution in [2.45, 2.75) is 52.3 Å². The van der Waals surface area contributed by atoms with Gasteiger partial charge in [0.15, 0.2) is 0 Å².